The quantitative estimate of drug-likeness (QED) is 0.374. The fourth-order valence-electron chi connectivity index (χ4n) is 2.89. The number of methoxy groups -OCH3 is 1. The van der Waals surface area contributed by atoms with Crippen molar-refractivity contribution in [2.24, 2.45) is 0 Å². The lowest BCUT2D eigenvalue weighted by Gasteiger charge is -2.22. The molecule has 0 saturated carbocycles. The lowest BCUT2D eigenvalue weighted by Crippen LogP contribution is -2.34. The highest BCUT2D eigenvalue weighted by atomic mass is 31.2. The van der Waals surface area contributed by atoms with Crippen molar-refractivity contribution in [3.63, 3.8) is 0 Å². The van der Waals surface area contributed by atoms with Gasteiger partial charge < -0.3 is 19.1 Å². The van der Waals surface area contributed by atoms with Gasteiger partial charge in [0.05, 0.1) is 7.11 Å². The Kier molecular flexibility index (Phi) is 9.75. The van der Waals surface area contributed by atoms with Gasteiger partial charge in [-0.15, -0.1) is 4.20 Å². The molecule has 0 heterocycles. The second-order valence-electron chi connectivity index (χ2n) is 7.02. The van der Waals surface area contributed by atoms with E-state index >= 15 is 0 Å². The summed E-state index contributed by atoms with van der Waals surface area (Å²) >= 11 is 0. The summed E-state index contributed by atoms with van der Waals surface area (Å²) in [6.45, 7) is 0.0146. The minimum Gasteiger partial charge on any atom is -0.497 e. The number of halogens is 1. The van der Waals surface area contributed by atoms with E-state index in [1.54, 1.807) is 7.11 Å². The van der Waals surface area contributed by atoms with E-state index in [-0.39, 0.29) is 6.61 Å². The van der Waals surface area contributed by atoms with Crippen molar-refractivity contribution in [3.8, 4) is 11.5 Å². The molecule has 0 aliphatic carbocycles. The third-order valence-electron chi connectivity index (χ3n) is 4.30. The number of benzene rings is 2. The summed E-state index contributed by atoms with van der Waals surface area (Å²) in [6, 6.07) is 15.7. The van der Waals surface area contributed by atoms with Crippen molar-refractivity contribution in [2.75, 3.05) is 41.1 Å². The summed E-state index contributed by atoms with van der Waals surface area (Å²) < 4.78 is 44.0. The van der Waals surface area contributed by atoms with Gasteiger partial charge in [0.1, 0.15) is 24.2 Å². The summed E-state index contributed by atoms with van der Waals surface area (Å²) in [5, 5.41) is 0. The lowest BCUT2D eigenvalue weighted by atomic mass is 10.0. The van der Waals surface area contributed by atoms with Crippen molar-refractivity contribution in [3.05, 3.63) is 59.7 Å². The van der Waals surface area contributed by atoms with Gasteiger partial charge in [-0.1, -0.05) is 30.3 Å². The zero-order valence-electron chi connectivity index (χ0n) is 17.5. The number of likely N-dealkylation sites (N-methyl/N-ethyl adjacent to an activating group) is 1. The number of rotatable bonds is 13. The van der Waals surface area contributed by atoms with Gasteiger partial charge >= 0.3 is 7.91 Å². The van der Waals surface area contributed by atoms with Crippen LogP contribution in [0.5, 0.6) is 11.5 Å². The van der Waals surface area contributed by atoms with Crippen LogP contribution >= 0.6 is 7.91 Å². The molecule has 7 nitrogen and oxygen atoms in total. The molecule has 0 aliphatic rings. The van der Waals surface area contributed by atoms with Crippen LogP contribution < -0.4 is 9.47 Å². The maximum atomic E-state index is 12.6. The third kappa shape index (κ3) is 9.24. The second kappa shape index (κ2) is 12.0. The van der Waals surface area contributed by atoms with Gasteiger partial charge in [0, 0.05) is 6.54 Å². The van der Waals surface area contributed by atoms with Gasteiger partial charge in [-0.25, -0.2) is 4.57 Å². The van der Waals surface area contributed by atoms with E-state index in [9.17, 15) is 8.76 Å². The Morgan fingerprint density at radius 3 is 2.60 bits per heavy atom. The normalized spacial score (nSPS) is 14.3. The van der Waals surface area contributed by atoms with Gasteiger partial charge in [-0.05, 0) is 56.3 Å². The van der Waals surface area contributed by atoms with Crippen LogP contribution in [0.1, 0.15) is 11.1 Å². The van der Waals surface area contributed by atoms with Gasteiger partial charge in [-0.2, -0.15) is 0 Å². The Morgan fingerprint density at radius 2 is 1.90 bits per heavy atom. The molecule has 0 spiro atoms. The highest BCUT2D eigenvalue weighted by Crippen LogP contribution is 2.43. The van der Waals surface area contributed by atoms with Crippen LogP contribution in [0.2, 0.25) is 0 Å². The minimum atomic E-state index is -5.07. The van der Waals surface area contributed by atoms with Gasteiger partial charge in [0.25, 0.3) is 0 Å². The van der Waals surface area contributed by atoms with E-state index in [1.807, 2.05) is 61.5 Å². The van der Waals surface area contributed by atoms with Gasteiger partial charge in [0.2, 0.25) is 0 Å². The summed E-state index contributed by atoms with van der Waals surface area (Å²) in [5.41, 5.74) is 2.21. The van der Waals surface area contributed by atoms with Crippen molar-refractivity contribution in [1.29, 1.82) is 0 Å². The molecule has 2 aromatic rings. The first-order valence-corrected chi connectivity index (χ1v) is 11.0. The molecule has 0 bridgehead atoms. The van der Waals surface area contributed by atoms with Crippen LogP contribution in [0.25, 0.3) is 0 Å². The molecule has 0 aliphatic heterocycles. The van der Waals surface area contributed by atoms with E-state index in [4.69, 9.17) is 19.1 Å². The van der Waals surface area contributed by atoms with E-state index in [0.717, 1.165) is 35.5 Å². The molecule has 1 unspecified atom stereocenters. The standard InChI is InChI=1S/C21H29FNO6P/c1-23(2)14-20(28-16-29-30(22,24)25)15-27-21-10-5-4-8-18(21)12-11-17-7-6-9-19(13-17)26-3/h4-10,13,20H,11-12,14-16H2,1-3H3,(H,24,25)/t20-/m1/s1. The second-order valence-corrected chi connectivity index (χ2v) is 8.18. The molecular formula is C21H29FNO6P. The molecule has 30 heavy (non-hydrogen) atoms. The maximum Gasteiger partial charge on any atom is 0.512 e. The average molecular weight is 441 g/mol. The van der Waals surface area contributed by atoms with Crippen LogP contribution in [-0.2, 0) is 26.7 Å². The topological polar surface area (TPSA) is 77.5 Å². The van der Waals surface area contributed by atoms with Crippen LogP contribution in [0.15, 0.2) is 48.5 Å². The smallest absolute Gasteiger partial charge is 0.497 e. The molecule has 0 fully saturated rings. The molecule has 2 rings (SSSR count). The Labute approximate surface area is 177 Å². The molecule has 0 radical (unpaired) electrons. The van der Waals surface area contributed by atoms with Crippen LogP contribution in [0.3, 0.4) is 0 Å². The number of para-hydroxylation sites is 1. The minimum absolute atomic E-state index is 0.180. The molecule has 0 amide bonds. The summed E-state index contributed by atoms with van der Waals surface area (Å²) in [6.07, 6.45) is 1.13. The molecule has 166 valence electrons. The fourth-order valence-corrected chi connectivity index (χ4v) is 3.08. The number of ether oxygens (including phenoxy) is 3. The van der Waals surface area contributed by atoms with Crippen molar-refractivity contribution in [2.45, 2.75) is 18.9 Å². The van der Waals surface area contributed by atoms with Gasteiger partial charge in [0.15, 0.2) is 6.79 Å². The molecule has 0 saturated heterocycles. The first-order valence-electron chi connectivity index (χ1n) is 9.54. The number of nitrogens with zero attached hydrogens (tertiary/aromatic N) is 1. The highest BCUT2D eigenvalue weighted by Gasteiger charge is 2.19. The number of hydrogen-bond donors (Lipinski definition) is 1. The predicted molar refractivity (Wildman–Crippen MR) is 113 cm³/mol. The van der Waals surface area contributed by atoms with E-state index in [0.29, 0.717) is 6.54 Å². The highest BCUT2D eigenvalue weighted by molar-refractivity contribution is 7.46. The zero-order chi connectivity index (χ0) is 22.0. The molecule has 0 aromatic heterocycles. The van der Waals surface area contributed by atoms with Crippen molar-refractivity contribution in [1.82, 2.24) is 4.90 Å². The monoisotopic (exact) mass is 441 g/mol. The number of aryl methyl sites for hydroxylation is 2. The van der Waals surface area contributed by atoms with Gasteiger partial charge in [-0.3, -0.25) is 9.42 Å². The van der Waals surface area contributed by atoms with E-state index in [1.165, 1.54) is 0 Å². The Balaban J connectivity index is 1.96. The first-order chi connectivity index (χ1) is 14.3. The first kappa shape index (κ1) is 24.3. The third-order valence-corrected chi connectivity index (χ3v) is 4.72. The maximum absolute atomic E-state index is 12.6. The summed E-state index contributed by atoms with van der Waals surface area (Å²) in [7, 11) is 0.277. The molecule has 9 heteroatoms. The Bertz CT molecular complexity index is 829. The SMILES string of the molecule is COc1cccc(CCc2ccccc2OC[C@@H](CN(C)C)OCOP(=O)(O)F)c1. The largest absolute Gasteiger partial charge is 0.512 e. The summed E-state index contributed by atoms with van der Waals surface area (Å²) in [5.74, 6) is 1.55. The fraction of sp³-hybridized carbons (Fsp3) is 0.429. The lowest BCUT2D eigenvalue weighted by molar-refractivity contribution is -0.0664. The number of hydrogen-bond acceptors (Lipinski definition) is 6. The van der Waals surface area contributed by atoms with E-state index < -0.39 is 20.8 Å². The predicted octanol–water partition coefficient (Wildman–Crippen LogP) is 3.85. The zero-order valence-corrected chi connectivity index (χ0v) is 18.4. The average Bonchev–Trinajstić information content (AvgIpc) is 2.69. The molecule has 2 aromatic carbocycles. The van der Waals surface area contributed by atoms with Crippen molar-refractivity contribution >= 4 is 7.91 Å². The Morgan fingerprint density at radius 1 is 1.13 bits per heavy atom. The van der Waals surface area contributed by atoms with Crippen molar-refractivity contribution < 1.29 is 32.4 Å². The van der Waals surface area contributed by atoms with Crippen LogP contribution in [0, 0.1) is 0 Å². The Hall–Kier alpha value is -1.96. The molecule has 1 N–H and O–H groups in total. The van der Waals surface area contributed by atoms with E-state index in [2.05, 4.69) is 10.6 Å². The van der Waals surface area contributed by atoms with Crippen LogP contribution in [-0.4, -0.2) is 57.0 Å². The molecular weight excluding hydrogens is 412 g/mol. The van der Waals surface area contributed by atoms with Crippen LogP contribution in [0.4, 0.5) is 4.20 Å². The molecule has 2 atom stereocenters. The summed E-state index contributed by atoms with van der Waals surface area (Å²) in [4.78, 5) is 10.5.